The second-order valence-electron chi connectivity index (χ2n) is 6.40. The van der Waals surface area contributed by atoms with E-state index in [9.17, 15) is 14.7 Å². The van der Waals surface area contributed by atoms with Gasteiger partial charge in [-0.15, -0.1) is 0 Å². The van der Waals surface area contributed by atoms with Gasteiger partial charge in [-0.2, -0.15) is 0 Å². The summed E-state index contributed by atoms with van der Waals surface area (Å²) in [4.78, 5) is 23.7. The van der Waals surface area contributed by atoms with Crippen molar-refractivity contribution in [3.05, 3.63) is 82.9 Å². The largest absolute Gasteiger partial charge is 0.507 e. The molecule has 0 atom stereocenters. The number of carbonyl (C=O) groups is 2. The molecule has 0 fully saturated rings. The first-order valence-corrected chi connectivity index (χ1v) is 9.29. The van der Waals surface area contributed by atoms with E-state index in [-0.39, 0.29) is 17.2 Å². The molecule has 6 nitrogen and oxygen atoms in total. The third-order valence-corrected chi connectivity index (χ3v) is 4.43. The molecule has 0 aliphatic carbocycles. The van der Waals surface area contributed by atoms with Gasteiger partial charge in [0.15, 0.2) is 0 Å². The second kappa shape index (κ2) is 9.12. The van der Waals surface area contributed by atoms with Crippen LogP contribution in [0.15, 0.2) is 66.7 Å². The predicted octanol–water partition coefficient (Wildman–Crippen LogP) is 4.87. The molecule has 0 unspecified atom stereocenters. The summed E-state index contributed by atoms with van der Waals surface area (Å²) in [5.41, 5.74) is 2.80. The van der Waals surface area contributed by atoms with Crippen molar-refractivity contribution in [3.8, 4) is 5.75 Å². The number of anilines is 3. The van der Waals surface area contributed by atoms with Crippen molar-refractivity contribution < 1.29 is 14.7 Å². The molecule has 0 saturated carbocycles. The fourth-order valence-corrected chi connectivity index (χ4v) is 2.97. The Bertz CT molecular complexity index is 1040. The van der Waals surface area contributed by atoms with Gasteiger partial charge in [-0.05, 0) is 42.0 Å². The zero-order chi connectivity index (χ0) is 20.8. The number of aromatic hydroxyl groups is 1. The third-order valence-electron chi connectivity index (χ3n) is 4.11. The molecular formula is C22H20ClN3O3. The highest BCUT2D eigenvalue weighted by Crippen LogP contribution is 2.28. The Morgan fingerprint density at radius 2 is 1.62 bits per heavy atom. The lowest BCUT2D eigenvalue weighted by Crippen LogP contribution is -2.13. The van der Waals surface area contributed by atoms with E-state index in [1.54, 1.807) is 18.2 Å². The smallest absolute Gasteiger partial charge is 0.259 e. The minimum atomic E-state index is -0.518. The molecule has 3 rings (SSSR count). The average Bonchev–Trinajstić information content (AvgIpc) is 2.69. The average molecular weight is 410 g/mol. The molecule has 0 aromatic heterocycles. The van der Waals surface area contributed by atoms with Gasteiger partial charge in [0.05, 0.1) is 16.3 Å². The predicted molar refractivity (Wildman–Crippen MR) is 116 cm³/mol. The van der Waals surface area contributed by atoms with Gasteiger partial charge in [0.25, 0.3) is 5.91 Å². The molecule has 7 heteroatoms. The van der Waals surface area contributed by atoms with E-state index in [4.69, 9.17) is 11.6 Å². The summed E-state index contributed by atoms with van der Waals surface area (Å²) in [6.07, 6.45) is 0. The van der Waals surface area contributed by atoms with Crippen LogP contribution < -0.4 is 16.0 Å². The van der Waals surface area contributed by atoms with Crippen molar-refractivity contribution in [2.24, 2.45) is 0 Å². The van der Waals surface area contributed by atoms with Gasteiger partial charge in [0, 0.05) is 24.8 Å². The van der Waals surface area contributed by atoms with Crippen molar-refractivity contribution in [1.82, 2.24) is 0 Å². The molecule has 3 aromatic rings. The summed E-state index contributed by atoms with van der Waals surface area (Å²) >= 11 is 6.33. The standard InChI is InChI=1S/C22H20ClN3O3/c1-14(27)25-16-8-10-21(28)18(11-16)22(29)26-17-7-9-20(19(23)12-17)24-13-15-5-3-2-4-6-15/h2-12,24,28H,13H2,1H3,(H,25,27)(H,26,29). The Labute approximate surface area is 173 Å². The zero-order valence-electron chi connectivity index (χ0n) is 15.7. The van der Waals surface area contributed by atoms with E-state index < -0.39 is 5.91 Å². The van der Waals surface area contributed by atoms with Gasteiger partial charge < -0.3 is 21.1 Å². The molecule has 0 aliphatic rings. The van der Waals surface area contributed by atoms with Crippen LogP contribution >= 0.6 is 11.6 Å². The topological polar surface area (TPSA) is 90.5 Å². The SMILES string of the molecule is CC(=O)Nc1ccc(O)c(C(=O)Nc2ccc(NCc3ccccc3)c(Cl)c2)c1. The van der Waals surface area contributed by atoms with Crippen LogP contribution in [0.3, 0.4) is 0 Å². The van der Waals surface area contributed by atoms with Crippen LogP contribution in [0.4, 0.5) is 17.1 Å². The summed E-state index contributed by atoms with van der Waals surface area (Å²) in [5.74, 6) is -0.980. The van der Waals surface area contributed by atoms with Crippen LogP contribution in [0.1, 0.15) is 22.8 Å². The van der Waals surface area contributed by atoms with Gasteiger partial charge in [-0.25, -0.2) is 0 Å². The lowest BCUT2D eigenvalue weighted by atomic mass is 10.1. The van der Waals surface area contributed by atoms with E-state index in [0.717, 1.165) is 11.3 Å². The van der Waals surface area contributed by atoms with Crippen molar-refractivity contribution in [2.75, 3.05) is 16.0 Å². The number of carbonyl (C=O) groups excluding carboxylic acids is 2. The van der Waals surface area contributed by atoms with E-state index in [2.05, 4.69) is 16.0 Å². The second-order valence-corrected chi connectivity index (χ2v) is 6.81. The maximum absolute atomic E-state index is 12.5. The fraction of sp³-hybridized carbons (Fsp3) is 0.0909. The summed E-state index contributed by atoms with van der Waals surface area (Å²) in [6.45, 7) is 1.98. The first-order valence-electron chi connectivity index (χ1n) is 8.91. The zero-order valence-corrected chi connectivity index (χ0v) is 16.5. The van der Waals surface area contributed by atoms with Crippen LogP contribution in [0.25, 0.3) is 0 Å². The number of nitrogens with one attached hydrogen (secondary N) is 3. The van der Waals surface area contributed by atoms with E-state index in [1.807, 2.05) is 30.3 Å². The minimum Gasteiger partial charge on any atom is -0.507 e. The molecule has 29 heavy (non-hydrogen) atoms. The molecule has 0 aliphatic heterocycles. The van der Waals surface area contributed by atoms with Gasteiger partial charge in [0.1, 0.15) is 5.75 Å². The Morgan fingerprint density at radius 3 is 2.31 bits per heavy atom. The Balaban J connectivity index is 1.69. The first kappa shape index (κ1) is 20.2. The van der Waals surface area contributed by atoms with Crippen LogP contribution in [0, 0.1) is 0 Å². The summed E-state index contributed by atoms with van der Waals surface area (Å²) < 4.78 is 0. The number of hydrogen-bond acceptors (Lipinski definition) is 4. The summed E-state index contributed by atoms with van der Waals surface area (Å²) in [6, 6.07) is 19.3. The lowest BCUT2D eigenvalue weighted by molar-refractivity contribution is -0.114. The number of rotatable bonds is 6. The van der Waals surface area contributed by atoms with Gasteiger partial charge in [-0.3, -0.25) is 9.59 Å². The fourth-order valence-electron chi connectivity index (χ4n) is 2.73. The third kappa shape index (κ3) is 5.49. The molecule has 0 heterocycles. The summed E-state index contributed by atoms with van der Waals surface area (Å²) in [7, 11) is 0. The summed E-state index contributed by atoms with van der Waals surface area (Å²) in [5, 5.41) is 19.0. The number of phenols is 1. The van der Waals surface area contributed by atoms with Crippen molar-refractivity contribution >= 4 is 40.5 Å². The first-order chi connectivity index (χ1) is 13.9. The van der Waals surface area contributed by atoms with Gasteiger partial charge in [-0.1, -0.05) is 41.9 Å². The molecule has 0 spiro atoms. The Kier molecular flexibility index (Phi) is 6.36. The maximum atomic E-state index is 12.5. The number of halogens is 1. The lowest BCUT2D eigenvalue weighted by Gasteiger charge is -2.12. The number of benzene rings is 3. The van der Waals surface area contributed by atoms with Gasteiger partial charge in [0.2, 0.25) is 5.91 Å². The number of amides is 2. The van der Waals surface area contributed by atoms with Crippen molar-refractivity contribution in [3.63, 3.8) is 0 Å². The van der Waals surface area contributed by atoms with Crippen LogP contribution in [-0.2, 0) is 11.3 Å². The normalized spacial score (nSPS) is 10.3. The molecule has 148 valence electrons. The Hall–Kier alpha value is -3.51. The highest BCUT2D eigenvalue weighted by atomic mass is 35.5. The van der Waals surface area contributed by atoms with Gasteiger partial charge >= 0.3 is 0 Å². The van der Waals surface area contributed by atoms with Crippen LogP contribution in [-0.4, -0.2) is 16.9 Å². The maximum Gasteiger partial charge on any atom is 0.259 e. The molecule has 3 aromatic carbocycles. The van der Waals surface area contributed by atoms with E-state index >= 15 is 0 Å². The van der Waals surface area contributed by atoms with Crippen molar-refractivity contribution in [1.29, 1.82) is 0 Å². The molecule has 2 amide bonds. The van der Waals surface area contributed by atoms with E-state index in [0.29, 0.717) is 22.9 Å². The molecule has 0 saturated heterocycles. The minimum absolute atomic E-state index is 0.0404. The molecule has 0 bridgehead atoms. The van der Waals surface area contributed by atoms with E-state index in [1.165, 1.54) is 25.1 Å². The quantitative estimate of drug-likeness (QED) is 0.437. The van der Waals surface area contributed by atoms with Crippen LogP contribution in [0.2, 0.25) is 5.02 Å². The number of hydrogen-bond donors (Lipinski definition) is 4. The Morgan fingerprint density at radius 1 is 0.931 bits per heavy atom. The van der Waals surface area contributed by atoms with Crippen LogP contribution in [0.5, 0.6) is 5.75 Å². The number of phenolic OH excluding ortho intramolecular Hbond substituents is 1. The molecule has 4 N–H and O–H groups in total. The highest BCUT2D eigenvalue weighted by molar-refractivity contribution is 6.33. The van der Waals surface area contributed by atoms with Crippen molar-refractivity contribution in [2.45, 2.75) is 13.5 Å². The molecule has 0 radical (unpaired) electrons. The monoisotopic (exact) mass is 409 g/mol. The highest BCUT2D eigenvalue weighted by Gasteiger charge is 2.14. The molecular weight excluding hydrogens is 390 g/mol.